The fourth-order valence-corrected chi connectivity index (χ4v) is 2.60. The summed E-state index contributed by atoms with van der Waals surface area (Å²) in [6, 6.07) is 0. The highest BCUT2D eigenvalue weighted by Gasteiger charge is 2.28. The van der Waals surface area contributed by atoms with Crippen molar-refractivity contribution >= 4 is 43.4 Å². The average molecular weight is 336 g/mol. The maximum absolute atomic E-state index is 12.0. The summed E-state index contributed by atoms with van der Waals surface area (Å²) >= 11 is 6.48. The van der Waals surface area contributed by atoms with Gasteiger partial charge in [-0.3, -0.25) is 9.59 Å². The molecule has 0 unspecified atom stereocenters. The molecule has 0 spiro atoms. The summed E-state index contributed by atoms with van der Waals surface area (Å²) in [5, 5.41) is 0.876. The summed E-state index contributed by atoms with van der Waals surface area (Å²) in [6.45, 7) is 3.86. The molecule has 82 valence electrons. The Labute approximate surface area is 106 Å². The molecule has 15 heavy (non-hydrogen) atoms. The molecule has 0 aromatic rings. The van der Waals surface area contributed by atoms with Gasteiger partial charge in [0.15, 0.2) is 11.6 Å². The van der Waals surface area contributed by atoms with Crippen LogP contribution in [0.5, 0.6) is 0 Å². The van der Waals surface area contributed by atoms with E-state index in [4.69, 9.17) is 0 Å². The van der Waals surface area contributed by atoms with E-state index >= 15 is 0 Å². The summed E-state index contributed by atoms with van der Waals surface area (Å²) in [5.41, 5.74) is 1.79. The minimum Gasteiger partial charge on any atom is -0.290 e. The summed E-state index contributed by atoms with van der Waals surface area (Å²) < 4.78 is 0. The second kappa shape index (κ2) is 5.21. The number of halogens is 2. The van der Waals surface area contributed by atoms with Crippen LogP contribution in [0.15, 0.2) is 22.8 Å². The van der Waals surface area contributed by atoms with Gasteiger partial charge >= 0.3 is 0 Å². The molecule has 2 nitrogen and oxygen atoms in total. The molecule has 0 amide bonds. The Morgan fingerprint density at radius 3 is 2.20 bits per heavy atom. The molecule has 0 saturated carbocycles. The van der Waals surface area contributed by atoms with Crippen LogP contribution in [-0.2, 0) is 9.59 Å². The van der Waals surface area contributed by atoms with Gasteiger partial charge in [-0.25, -0.2) is 0 Å². The molecule has 0 aromatic carbocycles. The Kier molecular flexibility index (Phi) is 4.46. The van der Waals surface area contributed by atoms with Crippen molar-refractivity contribution < 1.29 is 9.59 Å². The summed E-state index contributed by atoms with van der Waals surface area (Å²) in [7, 11) is 0. The molecule has 0 N–H and O–H groups in total. The van der Waals surface area contributed by atoms with Gasteiger partial charge in [-0.2, -0.15) is 0 Å². The Balaban J connectivity index is 3.25. The predicted octanol–water partition coefficient (Wildman–Crippen LogP) is 2.81. The first-order valence-electron chi connectivity index (χ1n) is 4.67. The third-order valence-electron chi connectivity index (χ3n) is 2.32. The molecular formula is C11H12Br2O2. The van der Waals surface area contributed by atoms with Gasteiger partial charge in [0.25, 0.3) is 0 Å². The summed E-state index contributed by atoms with van der Waals surface area (Å²) in [4.78, 5) is 23.7. The monoisotopic (exact) mass is 334 g/mol. The van der Waals surface area contributed by atoms with Crippen molar-refractivity contribution in [2.45, 2.75) is 13.8 Å². The van der Waals surface area contributed by atoms with Crippen LogP contribution in [0.2, 0.25) is 0 Å². The van der Waals surface area contributed by atoms with Gasteiger partial charge in [-0.1, -0.05) is 45.7 Å². The SMILES string of the molecule is CC(C)C1=C(CBr)C(=O)C=C(CBr)C1=O. The lowest BCUT2D eigenvalue weighted by molar-refractivity contribution is -0.116. The molecular weight excluding hydrogens is 324 g/mol. The molecule has 0 aromatic heterocycles. The fraction of sp³-hybridized carbons (Fsp3) is 0.455. The van der Waals surface area contributed by atoms with Gasteiger partial charge in [0.2, 0.25) is 0 Å². The van der Waals surface area contributed by atoms with E-state index in [9.17, 15) is 9.59 Å². The first-order chi connectivity index (χ1) is 7.02. The van der Waals surface area contributed by atoms with E-state index in [2.05, 4.69) is 31.9 Å². The van der Waals surface area contributed by atoms with E-state index < -0.39 is 0 Å². The number of rotatable bonds is 3. The molecule has 0 aliphatic heterocycles. The lowest BCUT2D eigenvalue weighted by Crippen LogP contribution is -2.23. The second-order valence-corrected chi connectivity index (χ2v) is 4.80. The number of carbonyl (C=O) groups is 2. The normalized spacial score (nSPS) is 17.5. The smallest absolute Gasteiger partial charge is 0.186 e. The van der Waals surface area contributed by atoms with Gasteiger partial charge < -0.3 is 0 Å². The van der Waals surface area contributed by atoms with E-state index in [1.54, 1.807) is 0 Å². The Morgan fingerprint density at radius 2 is 1.80 bits per heavy atom. The Hall–Kier alpha value is -0.220. The van der Waals surface area contributed by atoms with E-state index in [0.717, 1.165) is 0 Å². The van der Waals surface area contributed by atoms with Crippen LogP contribution in [0, 0.1) is 5.92 Å². The molecule has 1 aliphatic rings. The van der Waals surface area contributed by atoms with Crippen molar-refractivity contribution in [3.8, 4) is 0 Å². The fourth-order valence-electron chi connectivity index (χ4n) is 1.60. The quantitative estimate of drug-likeness (QED) is 0.587. The number of alkyl halides is 2. The minimum absolute atomic E-state index is 0.00377. The number of hydrogen-bond donors (Lipinski definition) is 0. The van der Waals surface area contributed by atoms with Crippen molar-refractivity contribution in [1.82, 2.24) is 0 Å². The number of carbonyl (C=O) groups excluding carboxylic acids is 2. The molecule has 0 saturated heterocycles. The van der Waals surface area contributed by atoms with Gasteiger partial charge in [0.05, 0.1) is 0 Å². The van der Waals surface area contributed by atoms with Crippen molar-refractivity contribution in [2.75, 3.05) is 10.7 Å². The Morgan fingerprint density at radius 1 is 1.20 bits per heavy atom. The lowest BCUT2D eigenvalue weighted by Gasteiger charge is -2.19. The van der Waals surface area contributed by atoms with E-state index in [1.807, 2.05) is 13.8 Å². The predicted molar refractivity (Wildman–Crippen MR) is 67.5 cm³/mol. The Bertz CT molecular complexity index is 365. The number of Topliss-reactive ketones (excluding diaryl/α,β-unsaturated/α-hetero) is 1. The zero-order valence-corrected chi connectivity index (χ0v) is 11.8. The van der Waals surface area contributed by atoms with Crippen LogP contribution in [0.3, 0.4) is 0 Å². The largest absolute Gasteiger partial charge is 0.290 e. The molecule has 0 fully saturated rings. The van der Waals surface area contributed by atoms with E-state index in [1.165, 1.54) is 6.08 Å². The first-order valence-corrected chi connectivity index (χ1v) is 6.91. The van der Waals surface area contributed by atoms with Gasteiger partial charge in [-0.15, -0.1) is 0 Å². The third-order valence-corrected chi connectivity index (χ3v) is 3.48. The minimum atomic E-state index is -0.0513. The van der Waals surface area contributed by atoms with E-state index in [0.29, 0.717) is 27.4 Å². The first kappa shape index (κ1) is 12.8. The average Bonchev–Trinajstić information content (AvgIpc) is 2.19. The third kappa shape index (κ3) is 2.48. The van der Waals surface area contributed by atoms with Gasteiger partial charge in [0, 0.05) is 27.4 Å². The van der Waals surface area contributed by atoms with E-state index in [-0.39, 0.29) is 17.5 Å². The topological polar surface area (TPSA) is 34.1 Å². The van der Waals surface area contributed by atoms with Crippen LogP contribution in [0.4, 0.5) is 0 Å². The molecule has 4 heteroatoms. The molecule has 1 aliphatic carbocycles. The number of hydrogen-bond acceptors (Lipinski definition) is 2. The van der Waals surface area contributed by atoms with Crippen molar-refractivity contribution in [3.63, 3.8) is 0 Å². The van der Waals surface area contributed by atoms with Crippen molar-refractivity contribution in [1.29, 1.82) is 0 Å². The number of allylic oxidation sites excluding steroid dienone is 4. The highest BCUT2D eigenvalue weighted by molar-refractivity contribution is 9.09. The van der Waals surface area contributed by atoms with Crippen LogP contribution >= 0.6 is 31.9 Å². The zero-order valence-electron chi connectivity index (χ0n) is 8.64. The van der Waals surface area contributed by atoms with Crippen LogP contribution in [-0.4, -0.2) is 22.2 Å². The van der Waals surface area contributed by atoms with Crippen LogP contribution < -0.4 is 0 Å². The summed E-state index contributed by atoms with van der Waals surface area (Å²) in [5.74, 6) is 0.0253. The van der Waals surface area contributed by atoms with Gasteiger partial charge in [0.1, 0.15) is 0 Å². The van der Waals surface area contributed by atoms with Crippen molar-refractivity contribution in [2.24, 2.45) is 5.92 Å². The molecule has 0 bridgehead atoms. The standard InChI is InChI=1S/C11H12Br2O2/c1-6(2)10-8(5-13)9(14)3-7(4-12)11(10)15/h3,6H,4-5H2,1-2H3. The highest BCUT2D eigenvalue weighted by atomic mass is 79.9. The zero-order chi connectivity index (χ0) is 11.6. The molecule has 0 atom stereocenters. The maximum atomic E-state index is 12.0. The highest BCUT2D eigenvalue weighted by Crippen LogP contribution is 2.27. The molecule has 0 heterocycles. The summed E-state index contributed by atoms with van der Waals surface area (Å²) in [6.07, 6.45) is 1.43. The van der Waals surface area contributed by atoms with Crippen LogP contribution in [0.25, 0.3) is 0 Å². The van der Waals surface area contributed by atoms with Crippen molar-refractivity contribution in [3.05, 3.63) is 22.8 Å². The molecule has 0 radical (unpaired) electrons. The molecule has 1 rings (SSSR count). The maximum Gasteiger partial charge on any atom is 0.186 e. The number of ketones is 2. The van der Waals surface area contributed by atoms with Crippen LogP contribution in [0.1, 0.15) is 13.8 Å². The second-order valence-electron chi connectivity index (χ2n) is 3.68. The lowest BCUT2D eigenvalue weighted by atomic mass is 9.85. The van der Waals surface area contributed by atoms with Gasteiger partial charge in [-0.05, 0) is 12.0 Å².